The van der Waals surface area contributed by atoms with E-state index in [4.69, 9.17) is 44.0 Å². The summed E-state index contributed by atoms with van der Waals surface area (Å²) < 4.78 is 11.0. The van der Waals surface area contributed by atoms with Crippen LogP contribution in [0.2, 0.25) is 15.1 Å². The van der Waals surface area contributed by atoms with Gasteiger partial charge in [0.1, 0.15) is 11.5 Å². The van der Waals surface area contributed by atoms with Crippen molar-refractivity contribution in [2.24, 2.45) is 4.99 Å². The Hall–Kier alpha value is -2.53. The summed E-state index contributed by atoms with van der Waals surface area (Å²) in [7, 11) is 0. The van der Waals surface area contributed by atoms with Gasteiger partial charge in [0.25, 0.3) is 0 Å². The summed E-state index contributed by atoms with van der Waals surface area (Å²) in [6, 6.07) is 15.7. The number of hydrogen-bond donors (Lipinski definition) is 0. The molecule has 27 heavy (non-hydrogen) atoms. The Morgan fingerprint density at radius 2 is 1.74 bits per heavy atom. The normalized spacial score (nSPS) is 15.1. The maximum absolute atomic E-state index is 12.1. The van der Waals surface area contributed by atoms with Crippen molar-refractivity contribution >= 4 is 52.7 Å². The Bertz CT molecular complexity index is 1120. The minimum atomic E-state index is -0.586. The van der Waals surface area contributed by atoms with E-state index in [9.17, 15) is 4.79 Å². The molecular weight excluding hydrogens is 409 g/mol. The predicted molar refractivity (Wildman–Crippen MR) is 106 cm³/mol. The van der Waals surface area contributed by atoms with E-state index < -0.39 is 5.97 Å². The van der Waals surface area contributed by atoms with Gasteiger partial charge in [0.05, 0.1) is 10.6 Å². The maximum atomic E-state index is 12.1. The topological polar surface area (TPSA) is 51.8 Å². The van der Waals surface area contributed by atoms with Gasteiger partial charge in [0.15, 0.2) is 5.70 Å². The highest BCUT2D eigenvalue weighted by atomic mass is 35.5. The van der Waals surface area contributed by atoms with Crippen LogP contribution in [-0.2, 0) is 9.53 Å². The Labute approximate surface area is 169 Å². The van der Waals surface area contributed by atoms with Gasteiger partial charge in [0.2, 0.25) is 5.90 Å². The highest BCUT2D eigenvalue weighted by molar-refractivity contribution is 6.37. The molecule has 0 aliphatic carbocycles. The molecule has 2 heterocycles. The number of hydrogen-bond acceptors (Lipinski definition) is 4. The maximum Gasteiger partial charge on any atom is 0.363 e. The minimum Gasteiger partial charge on any atom is -0.457 e. The Morgan fingerprint density at radius 3 is 2.52 bits per heavy atom. The second kappa shape index (κ2) is 7.24. The number of benzene rings is 2. The molecule has 0 saturated heterocycles. The molecule has 1 aliphatic rings. The lowest BCUT2D eigenvalue weighted by Crippen LogP contribution is -2.05. The Morgan fingerprint density at radius 1 is 0.926 bits per heavy atom. The number of aliphatic imine (C=N–C) groups is 1. The standard InChI is InChI=1S/C20H10Cl3NO3/c21-12-3-1-2-11(8-12)18-7-5-14(26-18)10-17-20(25)27-19(24-17)15-6-4-13(22)9-16(15)23/h1-10H. The molecule has 0 unspecified atom stereocenters. The van der Waals surface area contributed by atoms with E-state index in [-0.39, 0.29) is 11.6 Å². The third-order valence-electron chi connectivity index (χ3n) is 3.80. The van der Waals surface area contributed by atoms with Gasteiger partial charge in [-0.3, -0.25) is 0 Å². The van der Waals surface area contributed by atoms with Crippen molar-refractivity contribution in [2.45, 2.75) is 0 Å². The summed E-state index contributed by atoms with van der Waals surface area (Å²) in [5, 5.41) is 1.43. The summed E-state index contributed by atoms with van der Waals surface area (Å²) in [5.74, 6) is 0.621. The number of rotatable bonds is 3. The van der Waals surface area contributed by atoms with Gasteiger partial charge in [-0.25, -0.2) is 9.79 Å². The highest BCUT2D eigenvalue weighted by Gasteiger charge is 2.26. The molecule has 0 bridgehead atoms. The van der Waals surface area contributed by atoms with Crippen molar-refractivity contribution in [2.75, 3.05) is 0 Å². The molecule has 3 aromatic rings. The molecule has 2 aromatic carbocycles. The molecule has 0 atom stereocenters. The Kier molecular flexibility index (Phi) is 4.79. The smallest absolute Gasteiger partial charge is 0.363 e. The fourth-order valence-electron chi connectivity index (χ4n) is 2.55. The zero-order valence-corrected chi connectivity index (χ0v) is 15.8. The van der Waals surface area contributed by atoms with Crippen LogP contribution in [0, 0.1) is 0 Å². The van der Waals surface area contributed by atoms with Gasteiger partial charge < -0.3 is 9.15 Å². The van der Waals surface area contributed by atoms with E-state index in [2.05, 4.69) is 4.99 Å². The zero-order valence-electron chi connectivity index (χ0n) is 13.6. The van der Waals surface area contributed by atoms with Crippen molar-refractivity contribution in [3.63, 3.8) is 0 Å². The fourth-order valence-corrected chi connectivity index (χ4v) is 3.23. The molecule has 0 spiro atoms. The number of carbonyl (C=O) groups excluding carboxylic acids is 1. The first-order valence-corrected chi connectivity index (χ1v) is 8.97. The highest BCUT2D eigenvalue weighted by Crippen LogP contribution is 2.28. The van der Waals surface area contributed by atoms with E-state index in [0.29, 0.717) is 32.2 Å². The van der Waals surface area contributed by atoms with Crippen LogP contribution in [0.4, 0.5) is 0 Å². The SMILES string of the molecule is O=C1OC(c2ccc(Cl)cc2Cl)=NC1=Cc1ccc(-c2cccc(Cl)c2)o1. The third kappa shape index (κ3) is 3.78. The zero-order chi connectivity index (χ0) is 19.0. The quantitative estimate of drug-likeness (QED) is 0.373. The van der Waals surface area contributed by atoms with E-state index >= 15 is 0 Å². The van der Waals surface area contributed by atoms with E-state index in [0.717, 1.165) is 5.56 Å². The lowest BCUT2D eigenvalue weighted by molar-refractivity contribution is -0.129. The van der Waals surface area contributed by atoms with Crippen LogP contribution < -0.4 is 0 Å². The molecule has 0 amide bonds. The summed E-state index contributed by atoms with van der Waals surface area (Å²) in [4.78, 5) is 16.3. The van der Waals surface area contributed by atoms with Gasteiger partial charge in [-0.2, -0.15) is 0 Å². The van der Waals surface area contributed by atoms with Crippen LogP contribution in [0.3, 0.4) is 0 Å². The molecule has 1 aliphatic heterocycles. The number of esters is 1. The molecule has 0 saturated carbocycles. The van der Waals surface area contributed by atoms with Gasteiger partial charge in [0, 0.05) is 21.7 Å². The van der Waals surface area contributed by atoms with Crippen LogP contribution in [0.25, 0.3) is 17.4 Å². The van der Waals surface area contributed by atoms with Crippen LogP contribution in [0.15, 0.2) is 69.7 Å². The van der Waals surface area contributed by atoms with Crippen molar-refractivity contribution in [3.05, 3.63) is 86.7 Å². The largest absolute Gasteiger partial charge is 0.457 e. The van der Waals surface area contributed by atoms with Gasteiger partial charge >= 0.3 is 5.97 Å². The van der Waals surface area contributed by atoms with Gasteiger partial charge in [-0.1, -0.05) is 46.9 Å². The minimum absolute atomic E-state index is 0.114. The molecule has 0 radical (unpaired) electrons. The van der Waals surface area contributed by atoms with Gasteiger partial charge in [-0.05, 0) is 42.5 Å². The fraction of sp³-hybridized carbons (Fsp3) is 0. The predicted octanol–water partition coefficient (Wildman–Crippen LogP) is 6.25. The third-order valence-corrected chi connectivity index (χ3v) is 4.58. The average molecular weight is 419 g/mol. The van der Waals surface area contributed by atoms with Crippen LogP contribution >= 0.6 is 34.8 Å². The van der Waals surface area contributed by atoms with Crippen LogP contribution in [0.1, 0.15) is 11.3 Å². The number of furan rings is 1. The van der Waals surface area contributed by atoms with E-state index in [1.54, 1.807) is 42.5 Å². The number of nitrogens with zero attached hydrogens (tertiary/aromatic N) is 1. The van der Waals surface area contributed by atoms with Gasteiger partial charge in [-0.15, -0.1) is 0 Å². The van der Waals surface area contributed by atoms with Crippen molar-refractivity contribution in [3.8, 4) is 11.3 Å². The van der Waals surface area contributed by atoms with Crippen molar-refractivity contribution in [1.82, 2.24) is 0 Å². The summed E-state index contributed by atoms with van der Waals surface area (Å²) in [5.41, 5.74) is 1.43. The summed E-state index contributed by atoms with van der Waals surface area (Å²) >= 11 is 18.0. The van der Waals surface area contributed by atoms with Crippen molar-refractivity contribution in [1.29, 1.82) is 0 Å². The number of halogens is 3. The first-order valence-electron chi connectivity index (χ1n) is 7.83. The molecule has 1 aromatic heterocycles. The first kappa shape index (κ1) is 17.9. The molecule has 0 fully saturated rings. The number of cyclic esters (lactones) is 1. The van der Waals surface area contributed by atoms with Crippen molar-refractivity contribution < 1.29 is 13.9 Å². The summed E-state index contributed by atoms with van der Waals surface area (Å²) in [6.45, 7) is 0. The monoisotopic (exact) mass is 417 g/mol. The average Bonchev–Trinajstić information content (AvgIpc) is 3.23. The molecule has 0 N–H and O–H groups in total. The summed E-state index contributed by atoms with van der Waals surface area (Å²) in [6.07, 6.45) is 1.51. The lowest BCUT2D eigenvalue weighted by Gasteiger charge is -2.02. The first-order chi connectivity index (χ1) is 13.0. The second-order valence-electron chi connectivity index (χ2n) is 5.67. The van der Waals surface area contributed by atoms with Crippen LogP contribution in [-0.4, -0.2) is 11.9 Å². The second-order valence-corrected chi connectivity index (χ2v) is 6.95. The number of ether oxygens (including phenoxy) is 1. The number of carbonyl (C=O) groups is 1. The molecule has 134 valence electrons. The van der Waals surface area contributed by atoms with Crippen LogP contribution in [0.5, 0.6) is 0 Å². The molecule has 7 heteroatoms. The molecule has 4 rings (SSSR count). The Balaban J connectivity index is 1.64. The lowest BCUT2D eigenvalue weighted by atomic mass is 10.2. The van der Waals surface area contributed by atoms with E-state index in [1.807, 2.05) is 12.1 Å². The molecular formula is C20H10Cl3NO3. The van der Waals surface area contributed by atoms with E-state index in [1.165, 1.54) is 6.08 Å². The molecule has 4 nitrogen and oxygen atoms in total.